The number of nitrogens with zero attached hydrogens (tertiary/aromatic N) is 3. The van der Waals surface area contributed by atoms with Gasteiger partial charge < -0.3 is 26.6 Å². The summed E-state index contributed by atoms with van der Waals surface area (Å²) >= 11 is 0. The maximum absolute atomic E-state index is 10.5. The lowest BCUT2D eigenvalue weighted by Gasteiger charge is -2.13. The van der Waals surface area contributed by atoms with Gasteiger partial charge in [0, 0.05) is 41.1 Å². The van der Waals surface area contributed by atoms with Crippen LogP contribution in [0, 0.1) is 17.3 Å². The Morgan fingerprint density at radius 2 is 2.11 bits per heavy atom. The number of hydrogen-bond donors (Lipinski definition) is 5. The number of imidazole rings is 1. The zero-order valence-electron chi connectivity index (χ0n) is 14.9. The molecule has 0 aliphatic heterocycles. The number of nitrogen functional groups attached to an aromatic ring is 1. The average molecular weight is 361 g/mol. The van der Waals surface area contributed by atoms with Gasteiger partial charge >= 0.3 is 0 Å². The number of nitrogens with one attached hydrogen (secondary N) is 3. The molecule has 0 spiro atoms. The summed E-state index contributed by atoms with van der Waals surface area (Å²) in [4.78, 5) is 14.9. The topological polar surface area (TPSA) is 137 Å². The second-order valence-corrected chi connectivity index (χ2v) is 6.07. The predicted octanol–water partition coefficient (Wildman–Crippen LogP) is 2.17. The average Bonchev–Trinajstić information content (AvgIpc) is 3.16. The molecule has 0 aliphatic carbocycles. The van der Waals surface area contributed by atoms with Gasteiger partial charge in [0.05, 0.1) is 0 Å². The third kappa shape index (κ3) is 4.29. The summed E-state index contributed by atoms with van der Waals surface area (Å²) in [5.41, 5.74) is 6.63. The summed E-state index contributed by atoms with van der Waals surface area (Å²) < 4.78 is 0. The molecule has 3 aromatic rings. The van der Waals surface area contributed by atoms with Gasteiger partial charge in [-0.25, -0.2) is 9.97 Å². The Balaban J connectivity index is 1.95. The standard InChI is InChI=1S/C19H19N7O/c1-12(20)14-4-3-13(5-7-19(2,27)17-22-9-10-23-17)11-15(14)25-16-6-8-24-18(21)26-16/h3-4,6,8-11,20,27H,1-2H3,(H,22,23)(H3,21,24,25,26). The van der Waals surface area contributed by atoms with E-state index in [1.54, 1.807) is 56.7 Å². The minimum absolute atomic E-state index is 0.151. The van der Waals surface area contributed by atoms with Crippen LogP contribution in [0.3, 0.4) is 0 Å². The Hall–Kier alpha value is -3.70. The van der Waals surface area contributed by atoms with E-state index >= 15 is 0 Å². The van der Waals surface area contributed by atoms with Crippen LogP contribution in [0.5, 0.6) is 0 Å². The molecule has 6 N–H and O–H groups in total. The highest BCUT2D eigenvalue weighted by atomic mass is 16.3. The first-order chi connectivity index (χ1) is 12.8. The van der Waals surface area contributed by atoms with E-state index in [0.717, 1.165) is 0 Å². The van der Waals surface area contributed by atoms with Crippen LogP contribution in [0.25, 0.3) is 0 Å². The van der Waals surface area contributed by atoms with Crippen molar-refractivity contribution >= 4 is 23.2 Å². The first kappa shape index (κ1) is 18.1. The SMILES string of the molecule is CC(=N)c1ccc(C#CC(C)(O)c2ncc[nH]2)cc1Nc1ccnc(N)n1. The maximum atomic E-state index is 10.5. The Bertz CT molecular complexity index is 1030. The van der Waals surface area contributed by atoms with Crippen molar-refractivity contribution in [1.29, 1.82) is 5.41 Å². The summed E-state index contributed by atoms with van der Waals surface area (Å²) in [6.07, 6.45) is 4.73. The van der Waals surface area contributed by atoms with E-state index in [0.29, 0.717) is 34.2 Å². The third-order valence-electron chi connectivity index (χ3n) is 3.77. The van der Waals surface area contributed by atoms with Crippen LogP contribution in [-0.4, -0.2) is 30.8 Å². The molecule has 0 saturated carbocycles. The molecule has 0 amide bonds. The van der Waals surface area contributed by atoms with Crippen LogP contribution >= 0.6 is 0 Å². The smallest absolute Gasteiger partial charge is 0.221 e. The van der Waals surface area contributed by atoms with E-state index in [4.69, 9.17) is 11.1 Å². The summed E-state index contributed by atoms with van der Waals surface area (Å²) in [6.45, 7) is 3.26. The molecule has 1 unspecified atom stereocenters. The van der Waals surface area contributed by atoms with Crippen molar-refractivity contribution in [3.63, 3.8) is 0 Å². The van der Waals surface area contributed by atoms with Gasteiger partial charge in [-0.15, -0.1) is 0 Å². The highest BCUT2D eigenvalue weighted by molar-refractivity contribution is 6.02. The lowest BCUT2D eigenvalue weighted by atomic mass is 10.0. The zero-order valence-corrected chi connectivity index (χ0v) is 14.9. The second-order valence-electron chi connectivity index (χ2n) is 6.07. The molecule has 0 saturated heterocycles. The van der Waals surface area contributed by atoms with Crippen molar-refractivity contribution in [3.8, 4) is 11.8 Å². The van der Waals surface area contributed by atoms with Crippen molar-refractivity contribution in [3.05, 3.63) is 59.8 Å². The van der Waals surface area contributed by atoms with Gasteiger partial charge in [-0.1, -0.05) is 11.8 Å². The van der Waals surface area contributed by atoms with Crippen LogP contribution in [-0.2, 0) is 5.60 Å². The number of rotatable bonds is 4. The largest absolute Gasteiger partial charge is 0.371 e. The molecule has 27 heavy (non-hydrogen) atoms. The Morgan fingerprint density at radius 1 is 1.30 bits per heavy atom. The van der Waals surface area contributed by atoms with E-state index in [2.05, 4.69) is 37.1 Å². The number of hydrogen-bond acceptors (Lipinski definition) is 7. The van der Waals surface area contributed by atoms with Crippen LogP contribution < -0.4 is 11.1 Å². The summed E-state index contributed by atoms with van der Waals surface area (Å²) in [5, 5.41) is 21.6. The number of nitrogens with two attached hydrogens (primary N) is 1. The number of anilines is 3. The van der Waals surface area contributed by atoms with Crippen molar-refractivity contribution < 1.29 is 5.11 Å². The second kappa shape index (κ2) is 7.27. The molecule has 8 heteroatoms. The van der Waals surface area contributed by atoms with Gasteiger partial charge in [-0.3, -0.25) is 0 Å². The molecule has 0 fully saturated rings. The van der Waals surface area contributed by atoms with Gasteiger partial charge in [0.1, 0.15) is 5.82 Å². The van der Waals surface area contributed by atoms with Gasteiger partial charge in [-0.2, -0.15) is 4.98 Å². The normalized spacial score (nSPS) is 12.6. The number of benzene rings is 1. The van der Waals surface area contributed by atoms with E-state index in [-0.39, 0.29) is 5.95 Å². The number of aromatic amines is 1. The van der Waals surface area contributed by atoms with E-state index in [1.165, 1.54) is 0 Å². The summed E-state index contributed by atoms with van der Waals surface area (Å²) in [6, 6.07) is 7.05. The van der Waals surface area contributed by atoms with Gasteiger partial charge in [0.25, 0.3) is 0 Å². The van der Waals surface area contributed by atoms with Crippen LogP contribution in [0.1, 0.15) is 30.8 Å². The fourth-order valence-corrected chi connectivity index (χ4v) is 2.42. The molecule has 2 aromatic heterocycles. The van der Waals surface area contributed by atoms with Crippen LogP contribution in [0.4, 0.5) is 17.5 Å². The molecule has 8 nitrogen and oxygen atoms in total. The molecule has 1 aromatic carbocycles. The molecule has 1 atom stereocenters. The molecule has 2 heterocycles. The van der Waals surface area contributed by atoms with Crippen LogP contribution in [0.15, 0.2) is 42.9 Å². The monoisotopic (exact) mass is 361 g/mol. The molecule has 3 rings (SSSR count). The molecule has 0 radical (unpaired) electrons. The zero-order chi connectivity index (χ0) is 19.4. The molecular weight excluding hydrogens is 342 g/mol. The summed E-state index contributed by atoms with van der Waals surface area (Å²) in [5.74, 6) is 6.80. The van der Waals surface area contributed by atoms with E-state index < -0.39 is 5.60 Å². The molecule has 0 aliphatic rings. The highest BCUT2D eigenvalue weighted by Crippen LogP contribution is 2.23. The highest BCUT2D eigenvalue weighted by Gasteiger charge is 2.22. The minimum atomic E-state index is -1.41. The van der Waals surface area contributed by atoms with Crippen molar-refractivity contribution in [2.75, 3.05) is 11.1 Å². The van der Waals surface area contributed by atoms with Gasteiger partial charge in [-0.05, 0) is 38.1 Å². The Morgan fingerprint density at radius 3 is 2.78 bits per heavy atom. The van der Waals surface area contributed by atoms with Gasteiger partial charge in [0.15, 0.2) is 11.4 Å². The first-order valence-electron chi connectivity index (χ1n) is 8.16. The lowest BCUT2D eigenvalue weighted by Crippen LogP contribution is -2.20. The van der Waals surface area contributed by atoms with Crippen molar-refractivity contribution in [2.45, 2.75) is 19.4 Å². The van der Waals surface area contributed by atoms with Crippen LogP contribution in [0.2, 0.25) is 0 Å². The lowest BCUT2D eigenvalue weighted by molar-refractivity contribution is 0.113. The van der Waals surface area contributed by atoms with Crippen molar-refractivity contribution in [1.82, 2.24) is 19.9 Å². The van der Waals surface area contributed by atoms with E-state index in [9.17, 15) is 5.11 Å². The van der Waals surface area contributed by atoms with Crippen molar-refractivity contribution in [2.24, 2.45) is 0 Å². The third-order valence-corrected chi connectivity index (χ3v) is 3.77. The summed E-state index contributed by atoms with van der Waals surface area (Å²) in [7, 11) is 0. The fraction of sp³-hybridized carbons (Fsp3) is 0.158. The fourth-order valence-electron chi connectivity index (χ4n) is 2.42. The number of H-pyrrole nitrogens is 1. The molecule has 0 bridgehead atoms. The molecule has 136 valence electrons. The quantitative estimate of drug-likeness (QED) is 0.357. The Labute approximate surface area is 156 Å². The predicted molar refractivity (Wildman–Crippen MR) is 104 cm³/mol. The maximum Gasteiger partial charge on any atom is 0.221 e. The number of aliphatic hydroxyl groups is 1. The molecular formula is C19H19N7O. The minimum Gasteiger partial charge on any atom is -0.371 e. The number of aromatic nitrogens is 4. The Kier molecular flexibility index (Phi) is 4.88. The van der Waals surface area contributed by atoms with Gasteiger partial charge in [0.2, 0.25) is 5.95 Å². The first-order valence-corrected chi connectivity index (χ1v) is 8.16. The van der Waals surface area contributed by atoms with E-state index in [1.807, 2.05) is 0 Å².